The van der Waals surface area contributed by atoms with E-state index in [9.17, 15) is 9.59 Å². The number of carbonyl (C=O) groups excluding carboxylic acids is 1. The van der Waals surface area contributed by atoms with E-state index in [2.05, 4.69) is 5.32 Å². The molecule has 25 heavy (non-hydrogen) atoms. The van der Waals surface area contributed by atoms with Crippen molar-refractivity contribution in [1.29, 1.82) is 0 Å². The van der Waals surface area contributed by atoms with Crippen LogP contribution in [-0.4, -0.2) is 60.3 Å². The van der Waals surface area contributed by atoms with Crippen LogP contribution >= 0.6 is 0 Å². The van der Waals surface area contributed by atoms with Crippen LogP contribution in [-0.2, 0) is 16.0 Å². The summed E-state index contributed by atoms with van der Waals surface area (Å²) in [7, 11) is 0. The van der Waals surface area contributed by atoms with Gasteiger partial charge in [0.1, 0.15) is 13.2 Å². The molecule has 0 aromatic heterocycles. The number of benzene rings is 1. The van der Waals surface area contributed by atoms with Crippen LogP contribution in [0.15, 0.2) is 18.2 Å². The average Bonchev–Trinajstić information content (AvgIpc) is 2.55. The lowest BCUT2D eigenvalue weighted by molar-refractivity contribution is -0.139. The van der Waals surface area contributed by atoms with Crippen molar-refractivity contribution in [3.05, 3.63) is 23.8 Å². The number of hydrogen-bond acceptors (Lipinski definition) is 5. The van der Waals surface area contributed by atoms with Crippen LogP contribution in [0.25, 0.3) is 0 Å². The van der Waals surface area contributed by atoms with Crippen LogP contribution in [0, 0.1) is 0 Å². The molecule has 1 aliphatic carbocycles. The zero-order valence-electron chi connectivity index (χ0n) is 14.4. The molecule has 1 saturated carbocycles. The van der Waals surface area contributed by atoms with Gasteiger partial charge in [0.05, 0.1) is 13.0 Å². The maximum absolute atomic E-state index is 12.2. The number of aliphatic carboxylic acids is 1. The number of hydrogen-bond donors (Lipinski definition) is 2. The van der Waals surface area contributed by atoms with Gasteiger partial charge in [-0.05, 0) is 37.1 Å². The molecule has 7 nitrogen and oxygen atoms in total. The third-order valence-electron chi connectivity index (χ3n) is 4.71. The summed E-state index contributed by atoms with van der Waals surface area (Å²) in [6.07, 6.45) is 1.90. The molecule has 1 fully saturated rings. The van der Waals surface area contributed by atoms with Gasteiger partial charge < -0.3 is 19.9 Å². The van der Waals surface area contributed by atoms with Crippen molar-refractivity contribution in [3.63, 3.8) is 0 Å². The number of likely N-dealkylation sites (N-methyl/N-ethyl adjacent to an activating group) is 1. The van der Waals surface area contributed by atoms with Gasteiger partial charge in [-0.25, -0.2) is 0 Å². The Morgan fingerprint density at radius 2 is 1.96 bits per heavy atom. The predicted octanol–water partition coefficient (Wildman–Crippen LogP) is 1.05. The van der Waals surface area contributed by atoms with Gasteiger partial charge in [0, 0.05) is 12.1 Å². The predicted molar refractivity (Wildman–Crippen MR) is 91.0 cm³/mol. The Balaban J connectivity index is 1.45. The van der Waals surface area contributed by atoms with E-state index in [1.165, 1.54) is 0 Å². The Bertz CT molecular complexity index is 642. The van der Waals surface area contributed by atoms with E-state index in [1.54, 1.807) is 0 Å². The lowest BCUT2D eigenvalue weighted by atomic mass is 9.85. The first-order valence-electron chi connectivity index (χ1n) is 8.69. The number of ether oxygens (including phenoxy) is 2. The SMILES string of the molecule is CCN(CC(=O)O)C1CC(NC(=O)Cc2ccc3c(c2)OCCO3)C1. The van der Waals surface area contributed by atoms with Crippen LogP contribution in [0.3, 0.4) is 0 Å². The molecule has 2 N–H and O–H groups in total. The minimum atomic E-state index is -0.812. The van der Waals surface area contributed by atoms with Gasteiger partial charge in [-0.1, -0.05) is 13.0 Å². The van der Waals surface area contributed by atoms with Crippen molar-refractivity contribution in [2.24, 2.45) is 0 Å². The molecule has 136 valence electrons. The van der Waals surface area contributed by atoms with Crippen molar-refractivity contribution in [3.8, 4) is 11.5 Å². The second kappa shape index (κ2) is 7.74. The van der Waals surface area contributed by atoms with Gasteiger partial charge in [0.2, 0.25) is 5.91 Å². The summed E-state index contributed by atoms with van der Waals surface area (Å²) in [5.41, 5.74) is 0.888. The first-order chi connectivity index (χ1) is 12.0. The molecule has 0 bridgehead atoms. The molecule has 0 radical (unpaired) electrons. The molecule has 1 heterocycles. The molecule has 1 amide bonds. The Hall–Kier alpha value is -2.28. The summed E-state index contributed by atoms with van der Waals surface area (Å²) >= 11 is 0. The molecule has 3 rings (SSSR count). The van der Waals surface area contributed by atoms with Crippen molar-refractivity contribution in [2.45, 2.75) is 38.3 Å². The number of nitrogens with one attached hydrogen (secondary N) is 1. The highest BCUT2D eigenvalue weighted by atomic mass is 16.6. The molecule has 0 atom stereocenters. The van der Waals surface area contributed by atoms with Crippen LogP contribution in [0.5, 0.6) is 11.5 Å². The minimum Gasteiger partial charge on any atom is -0.486 e. The molecular formula is C18H24N2O5. The molecule has 1 aromatic rings. The quantitative estimate of drug-likeness (QED) is 0.766. The van der Waals surface area contributed by atoms with E-state index in [-0.39, 0.29) is 24.5 Å². The van der Waals surface area contributed by atoms with E-state index in [4.69, 9.17) is 14.6 Å². The van der Waals surface area contributed by atoms with Crippen molar-refractivity contribution in [1.82, 2.24) is 10.2 Å². The van der Waals surface area contributed by atoms with E-state index in [1.807, 2.05) is 30.0 Å². The summed E-state index contributed by atoms with van der Waals surface area (Å²) in [4.78, 5) is 25.0. The fourth-order valence-electron chi connectivity index (χ4n) is 3.34. The summed E-state index contributed by atoms with van der Waals surface area (Å²) in [6, 6.07) is 5.92. The van der Waals surface area contributed by atoms with E-state index in [0.29, 0.717) is 31.9 Å². The Morgan fingerprint density at radius 1 is 1.24 bits per heavy atom. The summed E-state index contributed by atoms with van der Waals surface area (Å²) in [5.74, 6) is 0.567. The van der Waals surface area contributed by atoms with Crippen LogP contribution in [0.2, 0.25) is 0 Å². The molecule has 2 aliphatic rings. The van der Waals surface area contributed by atoms with Gasteiger partial charge in [-0.2, -0.15) is 0 Å². The average molecular weight is 348 g/mol. The molecule has 0 unspecified atom stereocenters. The normalized spacial score (nSPS) is 21.5. The second-order valence-electron chi connectivity index (χ2n) is 6.50. The highest BCUT2D eigenvalue weighted by Gasteiger charge is 2.34. The Morgan fingerprint density at radius 3 is 2.64 bits per heavy atom. The molecule has 0 saturated heterocycles. The van der Waals surface area contributed by atoms with Crippen LogP contribution < -0.4 is 14.8 Å². The lowest BCUT2D eigenvalue weighted by Crippen LogP contribution is -2.55. The van der Waals surface area contributed by atoms with Crippen molar-refractivity contribution < 1.29 is 24.2 Å². The number of carboxylic acids is 1. The third-order valence-corrected chi connectivity index (χ3v) is 4.71. The monoisotopic (exact) mass is 348 g/mol. The fourth-order valence-corrected chi connectivity index (χ4v) is 3.34. The summed E-state index contributed by atoms with van der Waals surface area (Å²) < 4.78 is 11.0. The highest BCUT2D eigenvalue weighted by Crippen LogP contribution is 2.31. The molecule has 0 spiro atoms. The van der Waals surface area contributed by atoms with Gasteiger partial charge in [0.15, 0.2) is 11.5 Å². The number of rotatable bonds is 7. The largest absolute Gasteiger partial charge is 0.486 e. The van der Waals surface area contributed by atoms with Crippen LogP contribution in [0.1, 0.15) is 25.3 Å². The molecule has 7 heteroatoms. The van der Waals surface area contributed by atoms with E-state index in [0.717, 1.165) is 24.2 Å². The van der Waals surface area contributed by atoms with Crippen molar-refractivity contribution >= 4 is 11.9 Å². The third kappa shape index (κ3) is 4.42. The second-order valence-corrected chi connectivity index (χ2v) is 6.50. The lowest BCUT2D eigenvalue weighted by Gasteiger charge is -2.42. The number of carboxylic acid groups (broad SMARTS) is 1. The van der Waals surface area contributed by atoms with E-state index < -0.39 is 5.97 Å². The smallest absolute Gasteiger partial charge is 0.317 e. The maximum atomic E-state index is 12.2. The summed E-state index contributed by atoms with van der Waals surface area (Å²) in [5, 5.41) is 11.9. The Labute approximate surface area is 146 Å². The van der Waals surface area contributed by atoms with Gasteiger partial charge in [0.25, 0.3) is 0 Å². The van der Waals surface area contributed by atoms with Crippen molar-refractivity contribution in [2.75, 3.05) is 26.3 Å². The van der Waals surface area contributed by atoms with Crippen LogP contribution in [0.4, 0.5) is 0 Å². The molecular weight excluding hydrogens is 324 g/mol. The standard InChI is InChI=1S/C18H24N2O5/c1-2-20(11-18(22)23)14-9-13(10-14)19-17(21)8-12-3-4-15-16(7-12)25-6-5-24-15/h3-4,7,13-14H,2,5-6,8-11H2,1H3,(H,19,21)(H,22,23). The zero-order valence-corrected chi connectivity index (χ0v) is 14.4. The topological polar surface area (TPSA) is 88.1 Å². The van der Waals surface area contributed by atoms with E-state index >= 15 is 0 Å². The minimum absolute atomic E-state index is 0.0265. The van der Waals surface area contributed by atoms with Gasteiger partial charge >= 0.3 is 5.97 Å². The zero-order chi connectivity index (χ0) is 17.8. The first-order valence-corrected chi connectivity index (χ1v) is 8.69. The maximum Gasteiger partial charge on any atom is 0.317 e. The molecule has 1 aromatic carbocycles. The number of carbonyl (C=O) groups is 2. The molecule has 1 aliphatic heterocycles. The first kappa shape index (κ1) is 17.5. The summed E-state index contributed by atoms with van der Waals surface area (Å²) in [6.45, 7) is 3.79. The van der Waals surface area contributed by atoms with Gasteiger partial charge in [-0.3, -0.25) is 14.5 Å². The number of fused-ring (bicyclic) bond motifs is 1. The highest BCUT2D eigenvalue weighted by molar-refractivity contribution is 5.79. The van der Waals surface area contributed by atoms with Gasteiger partial charge in [-0.15, -0.1) is 0 Å². The Kier molecular flexibility index (Phi) is 5.43. The fraction of sp³-hybridized carbons (Fsp3) is 0.556. The number of nitrogens with zero attached hydrogens (tertiary/aromatic N) is 1. The number of amides is 1.